The number of benzene rings is 2. The van der Waals surface area contributed by atoms with E-state index in [0.717, 1.165) is 17.0 Å². The fourth-order valence-corrected chi connectivity index (χ4v) is 3.06. The lowest BCUT2D eigenvalue weighted by atomic mass is 10.1. The van der Waals surface area contributed by atoms with E-state index < -0.39 is 0 Å². The Labute approximate surface area is 164 Å². The minimum atomic E-state index is -0.386. The quantitative estimate of drug-likeness (QED) is 0.811. The maximum absolute atomic E-state index is 12.4. The summed E-state index contributed by atoms with van der Waals surface area (Å²) >= 11 is 0. The van der Waals surface area contributed by atoms with Crippen molar-refractivity contribution >= 4 is 17.5 Å². The van der Waals surface area contributed by atoms with E-state index in [2.05, 4.69) is 17.2 Å². The van der Waals surface area contributed by atoms with Crippen molar-refractivity contribution in [3.05, 3.63) is 54.1 Å². The molecular weight excluding hydrogens is 356 g/mol. The van der Waals surface area contributed by atoms with Gasteiger partial charge in [0.25, 0.3) is 0 Å². The van der Waals surface area contributed by atoms with Gasteiger partial charge in [-0.2, -0.15) is 0 Å². The van der Waals surface area contributed by atoms with Crippen LogP contribution in [0.1, 0.15) is 12.0 Å². The van der Waals surface area contributed by atoms with Gasteiger partial charge in [0.1, 0.15) is 11.5 Å². The average molecular weight is 378 g/mol. The van der Waals surface area contributed by atoms with Crippen molar-refractivity contribution < 1.29 is 19.1 Å². The molecule has 0 bridgehead atoms. The molecule has 0 radical (unpaired) electrons. The van der Waals surface area contributed by atoms with Crippen molar-refractivity contribution in [2.45, 2.75) is 6.42 Å². The molecule has 0 spiro atoms. The maximum atomic E-state index is 12.4. The normalized spacial score (nSPS) is 15.6. The van der Waals surface area contributed by atoms with Gasteiger partial charge in [-0.25, -0.2) is 0 Å². The highest BCUT2D eigenvalue weighted by atomic mass is 16.5. The van der Waals surface area contributed by atoms with Crippen molar-refractivity contribution in [3.63, 3.8) is 0 Å². The van der Waals surface area contributed by atoms with E-state index in [0.29, 0.717) is 12.3 Å². The van der Waals surface area contributed by atoms with E-state index in [1.54, 1.807) is 31.3 Å². The number of nitrogens with one attached hydrogen (secondary N) is 1. The molecule has 1 aliphatic heterocycles. The number of rotatable bonds is 5. The summed E-state index contributed by atoms with van der Waals surface area (Å²) in [5.41, 5.74) is 1.53. The zero-order chi connectivity index (χ0) is 19.9. The summed E-state index contributed by atoms with van der Waals surface area (Å²) in [6, 6.07) is 14.7. The van der Waals surface area contributed by atoms with Crippen LogP contribution in [-0.2, 0) is 9.59 Å². The Balaban J connectivity index is 1.55. The molecule has 6 nitrogen and oxygen atoms in total. The molecule has 1 saturated heterocycles. The molecule has 144 valence electrons. The second-order valence-corrected chi connectivity index (χ2v) is 6.32. The molecule has 1 unspecified atom stereocenters. The van der Waals surface area contributed by atoms with Crippen LogP contribution in [0.3, 0.4) is 0 Å². The Morgan fingerprint density at radius 1 is 1.14 bits per heavy atom. The number of hydrogen-bond acceptors (Lipinski definition) is 4. The molecule has 28 heavy (non-hydrogen) atoms. The van der Waals surface area contributed by atoms with E-state index in [9.17, 15) is 9.59 Å². The van der Waals surface area contributed by atoms with Gasteiger partial charge >= 0.3 is 0 Å². The summed E-state index contributed by atoms with van der Waals surface area (Å²) in [5.74, 6) is 6.70. The number of amides is 2. The van der Waals surface area contributed by atoms with Crippen LogP contribution in [0.4, 0.5) is 5.69 Å². The van der Waals surface area contributed by atoms with E-state index in [4.69, 9.17) is 9.47 Å². The van der Waals surface area contributed by atoms with Crippen molar-refractivity contribution in [3.8, 4) is 23.3 Å². The van der Waals surface area contributed by atoms with Crippen molar-refractivity contribution in [1.82, 2.24) is 5.32 Å². The van der Waals surface area contributed by atoms with E-state index in [1.165, 1.54) is 0 Å². The van der Waals surface area contributed by atoms with Gasteiger partial charge in [-0.1, -0.05) is 24.0 Å². The number of nitrogens with zero attached hydrogens (tertiary/aromatic N) is 1. The second kappa shape index (κ2) is 8.96. The van der Waals surface area contributed by atoms with Gasteiger partial charge < -0.3 is 19.7 Å². The molecule has 6 heteroatoms. The van der Waals surface area contributed by atoms with E-state index >= 15 is 0 Å². The summed E-state index contributed by atoms with van der Waals surface area (Å²) in [4.78, 5) is 26.3. The molecule has 2 amide bonds. The first-order chi connectivity index (χ1) is 13.6. The Kier molecular flexibility index (Phi) is 6.18. The Bertz CT molecular complexity index is 912. The van der Waals surface area contributed by atoms with Gasteiger partial charge in [0, 0.05) is 18.7 Å². The zero-order valence-corrected chi connectivity index (χ0v) is 15.9. The summed E-state index contributed by atoms with van der Waals surface area (Å²) in [6.45, 7) is 0.570. The number of para-hydroxylation sites is 1. The zero-order valence-electron chi connectivity index (χ0n) is 15.9. The molecule has 1 heterocycles. The lowest BCUT2D eigenvalue weighted by molar-refractivity contribution is -0.126. The van der Waals surface area contributed by atoms with Crippen molar-refractivity contribution in [2.75, 3.05) is 32.2 Å². The first-order valence-corrected chi connectivity index (χ1v) is 8.96. The molecule has 1 fully saturated rings. The average Bonchev–Trinajstić information content (AvgIpc) is 3.13. The van der Waals surface area contributed by atoms with Gasteiger partial charge in [0.2, 0.25) is 11.8 Å². The summed E-state index contributed by atoms with van der Waals surface area (Å²) in [5, 5.41) is 2.79. The van der Waals surface area contributed by atoms with Gasteiger partial charge in [0.05, 0.1) is 32.2 Å². The second-order valence-electron chi connectivity index (χ2n) is 6.32. The lowest BCUT2D eigenvalue weighted by Crippen LogP contribution is -2.33. The third-order valence-corrected chi connectivity index (χ3v) is 4.56. The van der Waals surface area contributed by atoms with Crippen LogP contribution in [0.25, 0.3) is 0 Å². The maximum Gasteiger partial charge on any atom is 0.227 e. The standard InChI is InChI=1S/C22H22N2O4/c1-27-19-11-9-18(10-12-19)24-15-17(14-21(24)25)22(26)23-13-5-7-16-6-3-4-8-20(16)28-2/h3-4,6,8-12,17H,13-15H2,1-2H3,(H,23,26). The monoisotopic (exact) mass is 378 g/mol. The fourth-order valence-electron chi connectivity index (χ4n) is 3.06. The highest BCUT2D eigenvalue weighted by Gasteiger charge is 2.34. The molecule has 2 aromatic rings. The fraction of sp³-hybridized carbons (Fsp3) is 0.273. The molecule has 1 N–H and O–H groups in total. The number of methoxy groups -OCH3 is 2. The molecule has 0 aliphatic carbocycles. The minimum absolute atomic E-state index is 0.0644. The van der Waals surface area contributed by atoms with Crippen LogP contribution in [0.15, 0.2) is 48.5 Å². The first kappa shape index (κ1) is 19.3. The van der Waals surface area contributed by atoms with Crippen molar-refractivity contribution in [2.24, 2.45) is 5.92 Å². The molecule has 0 aromatic heterocycles. The number of anilines is 1. The van der Waals surface area contributed by atoms with Crippen LogP contribution >= 0.6 is 0 Å². The van der Waals surface area contributed by atoms with Crippen LogP contribution in [0, 0.1) is 17.8 Å². The summed E-state index contributed by atoms with van der Waals surface area (Å²) in [7, 11) is 3.18. The number of carbonyl (C=O) groups is 2. The molecule has 2 aromatic carbocycles. The minimum Gasteiger partial charge on any atom is -0.497 e. The summed E-state index contributed by atoms with van der Waals surface area (Å²) in [6.07, 6.45) is 0.192. The smallest absolute Gasteiger partial charge is 0.227 e. The van der Waals surface area contributed by atoms with Crippen LogP contribution in [0.5, 0.6) is 11.5 Å². The Morgan fingerprint density at radius 3 is 2.61 bits per heavy atom. The number of carbonyl (C=O) groups excluding carboxylic acids is 2. The third kappa shape index (κ3) is 4.44. The Hall–Kier alpha value is -3.46. The highest BCUT2D eigenvalue weighted by molar-refractivity contribution is 6.00. The molecule has 1 atom stereocenters. The number of hydrogen-bond donors (Lipinski definition) is 1. The predicted octanol–water partition coefficient (Wildman–Crippen LogP) is 2.22. The predicted molar refractivity (Wildman–Crippen MR) is 106 cm³/mol. The van der Waals surface area contributed by atoms with Crippen LogP contribution in [-0.4, -0.2) is 39.1 Å². The lowest BCUT2D eigenvalue weighted by Gasteiger charge is -2.16. The SMILES string of the molecule is COc1ccc(N2CC(C(=O)NCC#Cc3ccccc3OC)CC2=O)cc1. The van der Waals surface area contributed by atoms with Crippen LogP contribution < -0.4 is 19.7 Å². The number of ether oxygens (including phenoxy) is 2. The molecular formula is C22H22N2O4. The van der Waals surface area contributed by atoms with Crippen molar-refractivity contribution in [1.29, 1.82) is 0 Å². The topological polar surface area (TPSA) is 67.9 Å². The Morgan fingerprint density at radius 2 is 1.89 bits per heavy atom. The van der Waals surface area contributed by atoms with Gasteiger partial charge in [0.15, 0.2) is 0 Å². The van der Waals surface area contributed by atoms with Crippen LogP contribution in [0.2, 0.25) is 0 Å². The largest absolute Gasteiger partial charge is 0.497 e. The first-order valence-electron chi connectivity index (χ1n) is 8.96. The van der Waals surface area contributed by atoms with E-state index in [1.807, 2.05) is 36.4 Å². The van der Waals surface area contributed by atoms with E-state index in [-0.39, 0.29) is 30.7 Å². The van der Waals surface area contributed by atoms with Gasteiger partial charge in [-0.3, -0.25) is 9.59 Å². The van der Waals surface area contributed by atoms with Gasteiger partial charge in [-0.05, 0) is 36.4 Å². The van der Waals surface area contributed by atoms with Gasteiger partial charge in [-0.15, -0.1) is 0 Å². The highest BCUT2D eigenvalue weighted by Crippen LogP contribution is 2.26. The summed E-state index contributed by atoms with van der Waals surface area (Å²) < 4.78 is 10.4. The third-order valence-electron chi connectivity index (χ3n) is 4.56. The molecule has 3 rings (SSSR count). The molecule has 0 saturated carbocycles. The molecule has 1 aliphatic rings.